The average Bonchev–Trinajstić information content (AvgIpc) is 2.15. The van der Waals surface area contributed by atoms with E-state index in [0.29, 0.717) is 6.29 Å². The number of methoxy groups -OCH3 is 1. The minimum Gasteiger partial charge on any atom is -0.496 e. The summed E-state index contributed by atoms with van der Waals surface area (Å²) in [7, 11) is 1.29. The van der Waals surface area contributed by atoms with Crippen molar-refractivity contribution in [2.45, 2.75) is 0 Å². The second-order valence-electron chi connectivity index (χ2n) is 2.69. The van der Waals surface area contributed by atoms with Crippen molar-refractivity contribution in [3.8, 4) is 5.75 Å². The van der Waals surface area contributed by atoms with Crippen LogP contribution in [0.3, 0.4) is 0 Å². The minimum absolute atomic E-state index is 0. The van der Waals surface area contributed by atoms with E-state index in [1.54, 1.807) is 0 Å². The summed E-state index contributed by atoms with van der Waals surface area (Å²) in [5, 5.41) is 0. The van der Waals surface area contributed by atoms with Crippen molar-refractivity contribution < 1.29 is 73.9 Å². The van der Waals surface area contributed by atoms with Gasteiger partial charge in [-0.3, -0.25) is 4.79 Å². The Hall–Kier alpha value is 0.181. The van der Waals surface area contributed by atoms with Crippen LogP contribution < -0.4 is 61.6 Å². The summed E-state index contributed by atoms with van der Waals surface area (Å²) in [6.07, 6.45) is 0.337. The first-order valence-corrected chi connectivity index (χ1v) is 3.82. The Kier molecular flexibility index (Phi) is 6.12. The molecule has 0 aliphatic carbocycles. The van der Waals surface area contributed by atoms with Gasteiger partial charge in [0.1, 0.15) is 5.75 Å². The molecule has 0 atom stereocenters. The predicted octanol–water partition coefficient (Wildman–Crippen LogP) is -1.43. The largest absolute Gasteiger partial charge is 1.00 e. The van der Waals surface area contributed by atoms with Gasteiger partial charge in [0.15, 0.2) is 6.29 Å². The first-order valence-electron chi connectivity index (χ1n) is 3.82. The van der Waals surface area contributed by atoms with Gasteiger partial charge in [0.2, 0.25) is 0 Å². The van der Waals surface area contributed by atoms with Gasteiger partial charge in [-0.15, -0.1) is 5.46 Å². The van der Waals surface area contributed by atoms with Crippen molar-refractivity contribution >= 4 is 18.7 Å². The number of carbonyl (C=O) groups is 1. The fourth-order valence-electron chi connectivity index (χ4n) is 1.05. The molecule has 0 saturated heterocycles. The summed E-state index contributed by atoms with van der Waals surface area (Å²) in [6, 6.07) is 2.81. The molecule has 1 aromatic rings. The van der Waals surface area contributed by atoms with E-state index >= 15 is 0 Å². The van der Waals surface area contributed by atoms with E-state index < -0.39 is 12.4 Å². The molecule has 0 saturated carbocycles. The number of halogens is 3. The molecule has 0 aliphatic heterocycles. The van der Waals surface area contributed by atoms with Gasteiger partial charge in [0.25, 0.3) is 0 Å². The second kappa shape index (κ2) is 6.05. The smallest absolute Gasteiger partial charge is 0.496 e. The molecule has 15 heavy (non-hydrogen) atoms. The van der Waals surface area contributed by atoms with E-state index in [-0.39, 0.29) is 62.7 Å². The Morgan fingerprint density at radius 3 is 2.33 bits per heavy atom. The molecule has 0 aromatic heterocycles. The van der Waals surface area contributed by atoms with Crippen LogP contribution in [0.5, 0.6) is 5.75 Å². The standard InChI is InChI=1S/C8H7BF3O2.K/c1-14-8-3-2-7(9(10,11)12)4-6(8)5-13;/h2-5H,1H3;/q-1;+1. The van der Waals surface area contributed by atoms with Crippen LogP contribution in [-0.2, 0) is 0 Å². The summed E-state index contributed by atoms with van der Waals surface area (Å²) in [5.74, 6) is 0.142. The van der Waals surface area contributed by atoms with Gasteiger partial charge >= 0.3 is 58.4 Å². The van der Waals surface area contributed by atoms with Crippen molar-refractivity contribution in [3.05, 3.63) is 23.8 Å². The fourth-order valence-corrected chi connectivity index (χ4v) is 1.05. The predicted molar refractivity (Wildman–Crippen MR) is 47.1 cm³/mol. The van der Waals surface area contributed by atoms with Crippen LogP contribution in [0.1, 0.15) is 10.4 Å². The molecule has 0 heterocycles. The summed E-state index contributed by atoms with van der Waals surface area (Å²) >= 11 is 0. The number of carbonyl (C=O) groups excluding carboxylic acids is 1. The first-order chi connectivity index (χ1) is 6.49. The maximum absolute atomic E-state index is 12.2. The molecule has 1 aromatic carbocycles. The van der Waals surface area contributed by atoms with E-state index in [4.69, 9.17) is 4.74 Å². The average molecular weight is 242 g/mol. The summed E-state index contributed by atoms with van der Waals surface area (Å²) in [4.78, 5) is 10.4. The Labute approximate surface area is 128 Å². The maximum atomic E-state index is 12.2. The van der Waals surface area contributed by atoms with Crippen molar-refractivity contribution in [3.63, 3.8) is 0 Å². The third-order valence-electron chi connectivity index (χ3n) is 1.76. The molecule has 0 spiro atoms. The molecule has 0 fully saturated rings. The number of aldehydes is 1. The molecular weight excluding hydrogens is 235 g/mol. The third-order valence-corrected chi connectivity index (χ3v) is 1.76. The van der Waals surface area contributed by atoms with Gasteiger partial charge in [0.05, 0.1) is 12.7 Å². The molecule has 2 nitrogen and oxygen atoms in total. The van der Waals surface area contributed by atoms with Gasteiger partial charge in [-0.05, 0) is 6.07 Å². The van der Waals surface area contributed by atoms with E-state index in [1.807, 2.05) is 0 Å². The number of rotatable bonds is 3. The minimum atomic E-state index is -5.07. The number of hydrogen-bond acceptors (Lipinski definition) is 2. The van der Waals surface area contributed by atoms with Gasteiger partial charge in [0, 0.05) is 0 Å². The summed E-state index contributed by atoms with van der Waals surface area (Å²) in [6.45, 7) is -5.07. The molecular formula is C8H7BF3KO2. The van der Waals surface area contributed by atoms with Crippen molar-refractivity contribution in [1.29, 1.82) is 0 Å². The number of ether oxygens (including phenoxy) is 1. The van der Waals surface area contributed by atoms with E-state index in [9.17, 15) is 17.7 Å². The normalized spacial score (nSPS) is 10.4. The van der Waals surface area contributed by atoms with Crippen molar-refractivity contribution in [1.82, 2.24) is 0 Å². The molecule has 0 amide bonds. The zero-order valence-corrected chi connectivity index (χ0v) is 11.5. The molecule has 0 bridgehead atoms. The van der Waals surface area contributed by atoms with E-state index in [2.05, 4.69) is 0 Å². The Morgan fingerprint density at radius 1 is 1.33 bits per heavy atom. The maximum Gasteiger partial charge on any atom is 1.00 e. The van der Waals surface area contributed by atoms with Gasteiger partial charge in [-0.2, -0.15) is 0 Å². The van der Waals surface area contributed by atoms with Crippen molar-refractivity contribution in [2.75, 3.05) is 7.11 Å². The third kappa shape index (κ3) is 3.92. The van der Waals surface area contributed by atoms with E-state index in [1.165, 1.54) is 7.11 Å². The topological polar surface area (TPSA) is 26.3 Å². The molecule has 1 rings (SSSR count). The van der Waals surface area contributed by atoms with Crippen LogP contribution in [0.15, 0.2) is 18.2 Å². The van der Waals surface area contributed by atoms with Crippen LogP contribution >= 0.6 is 0 Å². The Morgan fingerprint density at radius 2 is 1.93 bits per heavy atom. The molecule has 0 radical (unpaired) electrons. The van der Waals surface area contributed by atoms with Crippen molar-refractivity contribution in [2.24, 2.45) is 0 Å². The second-order valence-corrected chi connectivity index (χ2v) is 2.69. The SMILES string of the molecule is COc1ccc([B-](F)(F)F)cc1C=O.[K+]. The number of hydrogen-bond donors (Lipinski definition) is 0. The zero-order valence-electron chi connectivity index (χ0n) is 8.34. The molecule has 0 N–H and O–H groups in total. The summed E-state index contributed by atoms with van der Waals surface area (Å²) < 4.78 is 41.4. The molecule has 0 aliphatic rings. The fraction of sp³-hybridized carbons (Fsp3) is 0.125. The van der Waals surface area contributed by atoms with E-state index in [0.717, 1.165) is 18.2 Å². The Bertz CT molecular complexity index is 354. The van der Waals surface area contributed by atoms with Gasteiger partial charge in [-0.25, -0.2) is 0 Å². The quantitative estimate of drug-likeness (QED) is 0.479. The van der Waals surface area contributed by atoms with Crippen LogP contribution in [0, 0.1) is 0 Å². The Balaban J connectivity index is 0.00000196. The molecule has 7 heteroatoms. The zero-order chi connectivity index (χ0) is 10.8. The van der Waals surface area contributed by atoms with Gasteiger partial charge in [-0.1, -0.05) is 12.1 Å². The van der Waals surface area contributed by atoms with Crippen LogP contribution in [0.2, 0.25) is 0 Å². The summed E-state index contributed by atoms with van der Waals surface area (Å²) in [5.41, 5.74) is -0.892. The van der Waals surface area contributed by atoms with Gasteiger partial charge < -0.3 is 17.7 Å². The molecule has 0 unspecified atom stereocenters. The molecule has 76 valence electrons. The first kappa shape index (κ1) is 15.2. The van der Waals surface area contributed by atoms with Crippen LogP contribution in [0.25, 0.3) is 0 Å². The van der Waals surface area contributed by atoms with Crippen LogP contribution in [-0.4, -0.2) is 20.4 Å². The monoisotopic (exact) mass is 242 g/mol. The van der Waals surface area contributed by atoms with Crippen LogP contribution in [0.4, 0.5) is 12.9 Å². The number of benzene rings is 1.